The van der Waals surface area contributed by atoms with Gasteiger partial charge >= 0.3 is 0 Å². The number of fused-ring (bicyclic) bond motifs is 1. The van der Waals surface area contributed by atoms with Crippen LogP contribution >= 0.6 is 23.1 Å². The molecule has 7 heteroatoms. The Bertz CT molecular complexity index is 908. The van der Waals surface area contributed by atoms with Crippen molar-refractivity contribution in [2.24, 2.45) is 0 Å². The zero-order chi connectivity index (χ0) is 17.3. The van der Waals surface area contributed by atoms with Crippen LogP contribution in [-0.2, 0) is 12.0 Å². The molecule has 3 aromatic rings. The van der Waals surface area contributed by atoms with Gasteiger partial charge in [-0.25, -0.2) is 4.98 Å². The van der Waals surface area contributed by atoms with Crippen molar-refractivity contribution in [2.75, 3.05) is 6.26 Å². The van der Waals surface area contributed by atoms with Gasteiger partial charge in [-0.05, 0) is 29.4 Å². The van der Waals surface area contributed by atoms with E-state index in [0.29, 0.717) is 10.7 Å². The molecule has 0 saturated heterocycles. The van der Waals surface area contributed by atoms with Crippen LogP contribution in [-0.4, -0.2) is 20.9 Å². The monoisotopic (exact) mass is 361 g/mol. The van der Waals surface area contributed by atoms with Gasteiger partial charge in [0, 0.05) is 6.07 Å². The first-order valence-corrected chi connectivity index (χ1v) is 9.58. The average molecular weight is 361 g/mol. The molecule has 2 heterocycles. The summed E-state index contributed by atoms with van der Waals surface area (Å²) in [5, 5.41) is 4.21. The molecule has 0 aliphatic heterocycles. The fraction of sp³-hybridized carbons (Fsp3) is 0.353. The Hall–Kier alpha value is -1.86. The highest BCUT2D eigenvalue weighted by Gasteiger charge is 2.13. The number of aromatic nitrogens is 3. The second-order valence-corrected chi connectivity index (χ2v) is 8.42. The maximum atomic E-state index is 12.1. The van der Waals surface area contributed by atoms with Crippen molar-refractivity contribution in [2.45, 2.75) is 37.1 Å². The quantitative estimate of drug-likeness (QED) is 0.663. The predicted molar refractivity (Wildman–Crippen MR) is 98.4 cm³/mol. The SMILES string of the molecule is CSc1nn2c(=O)cc(COc3ccc(C(C)(C)C)cc3)nc2s1. The molecule has 0 amide bonds. The van der Waals surface area contributed by atoms with Crippen LogP contribution in [0, 0.1) is 0 Å². The van der Waals surface area contributed by atoms with Gasteiger partial charge in [0.25, 0.3) is 5.56 Å². The molecule has 0 bridgehead atoms. The fourth-order valence-corrected chi connectivity index (χ4v) is 3.58. The van der Waals surface area contributed by atoms with Crippen LogP contribution in [0.5, 0.6) is 5.75 Å². The number of ether oxygens (including phenoxy) is 1. The summed E-state index contributed by atoms with van der Waals surface area (Å²) in [6.07, 6.45) is 1.92. The Labute approximate surface area is 148 Å². The number of rotatable bonds is 4. The van der Waals surface area contributed by atoms with Crippen LogP contribution in [0.15, 0.2) is 39.5 Å². The van der Waals surface area contributed by atoms with E-state index in [0.717, 1.165) is 10.1 Å². The summed E-state index contributed by atoms with van der Waals surface area (Å²) in [4.78, 5) is 17.1. The lowest BCUT2D eigenvalue weighted by molar-refractivity contribution is 0.301. The second kappa shape index (κ2) is 6.57. The van der Waals surface area contributed by atoms with E-state index in [2.05, 4.69) is 43.0 Å². The molecule has 0 radical (unpaired) electrons. The number of benzene rings is 1. The van der Waals surface area contributed by atoms with Crippen LogP contribution in [0.25, 0.3) is 4.96 Å². The van der Waals surface area contributed by atoms with E-state index in [1.54, 1.807) is 0 Å². The third kappa shape index (κ3) is 3.62. The number of thioether (sulfide) groups is 1. The summed E-state index contributed by atoms with van der Waals surface area (Å²) in [5.74, 6) is 0.763. The molecule has 5 nitrogen and oxygen atoms in total. The standard InChI is InChI=1S/C17H19N3O2S2/c1-17(2,3)11-5-7-13(8-6-11)22-10-12-9-14(21)20-15(18-12)24-16(19-20)23-4/h5-9H,10H2,1-4H3. The number of hydrogen-bond donors (Lipinski definition) is 0. The lowest BCUT2D eigenvalue weighted by atomic mass is 9.87. The third-order valence-corrected chi connectivity index (χ3v) is 5.45. The molecule has 0 N–H and O–H groups in total. The lowest BCUT2D eigenvalue weighted by Gasteiger charge is -2.19. The summed E-state index contributed by atoms with van der Waals surface area (Å²) in [5.41, 5.74) is 1.79. The normalized spacial score (nSPS) is 11.8. The first-order valence-electron chi connectivity index (χ1n) is 7.54. The minimum absolute atomic E-state index is 0.112. The molecule has 1 aromatic carbocycles. The molecule has 0 aliphatic rings. The Morgan fingerprint density at radius 3 is 2.58 bits per heavy atom. The minimum Gasteiger partial charge on any atom is -0.487 e. The summed E-state index contributed by atoms with van der Waals surface area (Å²) < 4.78 is 7.91. The van der Waals surface area contributed by atoms with E-state index in [1.165, 1.54) is 39.2 Å². The highest BCUT2D eigenvalue weighted by molar-refractivity contribution is 8.00. The molecular formula is C17H19N3O2S2. The van der Waals surface area contributed by atoms with Crippen molar-refractivity contribution in [3.05, 3.63) is 51.9 Å². The molecular weight excluding hydrogens is 342 g/mol. The van der Waals surface area contributed by atoms with Gasteiger partial charge in [0.1, 0.15) is 12.4 Å². The van der Waals surface area contributed by atoms with Crippen LogP contribution in [0.4, 0.5) is 0 Å². The topological polar surface area (TPSA) is 56.5 Å². The van der Waals surface area contributed by atoms with Gasteiger partial charge in [-0.1, -0.05) is 56.0 Å². The predicted octanol–water partition coefficient (Wildman–Crippen LogP) is 3.75. The van der Waals surface area contributed by atoms with E-state index in [9.17, 15) is 4.79 Å². The van der Waals surface area contributed by atoms with E-state index in [4.69, 9.17) is 4.74 Å². The van der Waals surface area contributed by atoms with Crippen molar-refractivity contribution in [1.29, 1.82) is 0 Å². The lowest BCUT2D eigenvalue weighted by Crippen LogP contribution is -2.16. The van der Waals surface area contributed by atoms with Gasteiger partial charge in [0.15, 0.2) is 4.34 Å². The molecule has 0 unspecified atom stereocenters. The second-order valence-electron chi connectivity index (χ2n) is 6.42. The molecule has 126 valence electrons. The van der Waals surface area contributed by atoms with Gasteiger partial charge in [-0.2, -0.15) is 4.52 Å². The van der Waals surface area contributed by atoms with Gasteiger partial charge < -0.3 is 4.74 Å². The Morgan fingerprint density at radius 2 is 1.96 bits per heavy atom. The van der Waals surface area contributed by atoms with Crippen molar-refractivity contribution >= 4 is 28.1 Å². The zero-order valence-corrected chi connectivity index (χ0v) is 15.7. The molecule has 0 atom stereocenters. The highest BCUT2D eigenvalue weighted by Crippen LogP contribution is 2.25. The van der Waals surface area contributed by atoms with Crippen LogP contribution in [0.2, 0.25) is 0 Å². The van der Waals surface area contributed by atoms with Gasteiger partial charge in [-0.15, -0.1) is 5.10 Å². The summed E-state index contributed by atoms with van der Waals surface area (Å²) in [7, 11) is 0. The maximum Gasteiger partial charge on any atom is 0.275 e. The smallest absolute Gasteiger partial charge is 0.275 e. The van der Waals surface area contributed by atoms with Crippen LogP contribution in [0.1, 0.15) is 32.0 Å². The average Bonchev–Trinajstić information content (AvgIpc) is 2.96. The number of hydrogen-bond acceptors (Lipinski definition) is 6. The van der Waals surface area contributed by atoms with Crippen LogP contribution in [0.3, 0.4) is 0 Å². The summed E-state index contributed by atoms with van der Waals surface area (Å²) >= 11 is 2.90. The largest absolute Gasteiger partial charge is 0.487 e. The molecule has 3 rings (SSSR count). The van der Waals surface area contributed by atoms with Gasteiger partial charge in [0.05, 0.1) is 5.69 Å². The van der Waals surface area contributed by atoms with E-state index in [1.807, 2.05) is 18.4 Å². The summed E-state index contributed by atoms with van der Waals surface area (Å²) in [6.45, 7) is 6.78. The zero-order valence-electron chi connectivity index (χ0n) is 14.1. The van der Waals surface area contributed by atoms with Gasteiger partial charge in [-0.3, -0.25) is 4.79 Å². The number of nitrogens with zero attached hydrogens (tertiary/aromatic N) is 3. The molecule has 0 fully saturated rings. The Morgan fingerprint density at radius 1 is 1.25 bits per heavy atom. The first-order chi connectivity index (χ1) is 11.4. The summed E-state index contributed by atoms with van der Waals surface area (Å²) in [6, 6.07) is 9.50. The maximum absolute atomic E-state index is 12.1. The molecule has 0 aliphatic carbocycles. The molecule has 0 saturated carbocycles. The van der Waals surface area contributed by atoms with Crippen molar-refractivity contribution < 1.29 is 4.74 Å². The van der Waals surface area contributed by atoms with E-state index >= 15 is 0 Å². The third-order valence-electron chi connectivity index (χ3n) is 3.56. The van der Waals surface area contributed by atoms with Crippen molar-refractivity contribution in [3.8, 4) is 5.75 Å². The van der Waals surface area contributed by atoms with Crippen LogP contribution < -0.4 is 10.3 Å². The first kappa shape index (κ1) is 17.0. The fourth-order valence-electron chi connectivity index (χ4n) is 2.20. The van der Waals surface area contributed by atoms with E-state index in [-0.39, 0.29) is 17.6 Å². The van der Waals surface area contributed by atoms with Crippen molar-refractivity contribution in [1.82, 2.24) is 14.6 Å². The Balaban J connectivity index is 1.77. The van der Waals surface area contributed by atoms with Gasteiger partial charge in [0.2, 0.25) is 4.96 Å². The molecule has 24 heavy (non-hydrogen) atoms. The highest BCUT2D eigenvalue weighted by atomic mass is 32.2. The molecule has 2 aromatic heterocycles. The van der Waals surface area contributed by atoms with E-state index < -0.39 is 0 Å². The molecule has 0 spiro atoms. The van der Waals surface area contributed by atoms with Crippen molar-refractivity contribution in [3.63, 3.8) is 0 Å². The minimum atomic E-state index is -0.182. The Kier molecular flexibility index (Phi) is 4.64.